The van der Waals surface area contributed by atoms with Crippen molar-refractivity contribution in [3.63, 3.8) is 0 Å². The molecule has 2 atom stereocenters. The first kappa shape index (κ1) is 13.1. The molecule has 1 amide bonds. The maximum absolute atomic E-state index is 12.3. The Hall–Kier alpha value is -1.61. The number of carbonyl (C=O) groups is 1. The van der Waals surface area contributed by atoms with Crippen LogP contribution in [0.4, 0.5) is 5.69 Å². The standard InChI is InChI=1S/C18H22N2O/c1-12-2-4-16(5-3-12)19-18(21)8-17-14-6-13-7-15(17)11-20(9-13)10-14/h2-5,8,13-15H,6-7,9-11H2,1H3,(H,19,21). The predicted molar refractivity (Wildman–Crippen MR) is 84.0 cm³/mol. The number of piperidine rings is 3. The van der Waals surface area contributed by atoms with Gasteiger partial charge in [0.2, 0.25) is 5.91 Å². The monoisotopic (exact) mass is 282 g/mol. The molecule has 1 saturated carbocycles. The van der Waals surface area contributed by atoms with Crippen LogP contribution in [0.1, 0.15) is 18.4 Å². The van der Waals surface area contributed by atoms with Crippen LogP contribution < -0.4 is 5.32 Å². The number of amides is 1. The second-order valence-corrected chi connectivity index (χ2v) is 6.95. The molecule has 0 spiro atoms. The molecule has 1 N–H and O–H groups in total. The molecule has 1 aliphatic carbocycles. The minimum absolute atomic E-state index is 0.0383. The van der Waals surface area contributed by atoms with E-state index in [1.165, 1.54) is 30.5 Å². The average molecular weight is 282 g/mol. The first-order valence-electron chi connectivity index (χ1n) is 7.99. The summed E-state index contributed by atoms with van der Waals surface area (Å²) in [4.78, 5) is 14.9. The third-order valence-electron chi connectivity index (χ3n) is 5.27. The summed E-state index contributed by atoms with van der Waals surface area (Å²) in [6, 6.07) is 7.99. The van der Waals surface area contributed by atoms with E-state index in [1.54, 1.807) is 0 Å². The van der Waals surface area contributed by atoms with Crippen molar-refractivity contribution in [1.82, 2.24) is 4.90 Å². The Morgan fingerprint density at radius 1 is 1.14 bits per heavy atom. The van der Waals surface area contributed by atoms with Crippen molar-refractivity contribution in [1.29, 1.82) is 0 Å². The third-order valence-corrected chi connectivity index (χ3v) is 5.27. The van der Waals surface area contributed by atoms with Crippen LogP contribution in [0.5, 0.6) is 0 Å². The molecule has 3 nitrogen and oxygen atoms in total. The number of hydrogen-bond donors (Lipinski definition) is 1. The Morgan fingerprint density at radius 3 is 2.43 bits per heavy atom. The quantitative estimate of drug-likeness (QED) is 0.846. The van der Waals surface area contributed by atoms with Gasteiger partial charge in [-0.1, -0.05) is 23.3 Å². The van der Waals surface area contributed by atoms with Gasteiger partial charge in [-0.3, -0.25) is 4.79 Å². The molecule has 5 rings (SSSR count). The van der Waals surface area contributed by atoms with Crippen LogP contribution in [0.2, 0.25) is 0 Å². The van der Waals surface area contributed by atoms with Gasteiger partial charge in [0.1, 0.15) is 0 Å². The maximum atomic E-state index is 12.3. The van der Waals surface area contributed by atoms with Crippen molar-refractivity contribution in [2.75, 3.05) is 25.0 Å². The van der Waals surface area contributed by atoms with E-state index in [1.807, 2.05) is 30.3 Å². The molecule has 3 heteroatoms. The number of nitrogens with zero attached hydrogens (tertiary/aromatic N) is 1. The van der Waals surface area contributed by atoms with Gasteiger partial charge < -0.3 is 10.2 Å². The lowest BCUT2D eigenvalue weighted by molar-refractivity contribution is -0.112. The van der Waals surface area contributed by atoms with Crippen molar-refractivity contribution in [2.45, 2.75) is 19.8 Å². The van der Waals surface area contributed by atoms with Gasteiger partial charge in [0.25, 0.3) is 0 Å². The maximum Gasteiger partial charge on any atom is 0.248 e. The van der Waals surface area contributed by atoms with Crippen molar-refractivity contribution in [3.8, 4) is 0 Å². The normalized spacial score (nSPS) is 33.1. The molecule has 3 saturated heterocycles. The molecule has 0 aromatic heterocycles. The van der Waals surface area contributed by atoms with Gasteiger partial charge >= 0.3 is 0 Å². The number of nitrogens with one attached hydrogen (secondary N) is 1. The zero-order valence-corrected chi connectivity index (χ0v) is 12.5. The Morgan fingerprint density at radius 2 is 1.81 bits per heavy atom. The smallest absolute Gasteiger partial charge is 0.248 e. The Bertz CT molecular complexity index is 558. The highest BCUT2D eigenvalue weighted by atomic mass is 16.1. The Labute approximate surface area is 126 Å². The fraction of sp³-hybridized carbons (Fsp3) is 0.500. The zero-order valence-electron chi connectivity index (χ0n) is 12.5. The molecule has 4 fully saturated rings. The number of aryl methyl sites for hydroxylation is 1. The predicted octanol–water partition coefficient (Wildman–Crippen LogP) is 2.83. The molecule has 1 aromatic carbocycles. The first-order valence-corrected chi connectivity index (χ1v) is 7.99. The Balaban J connectivity index is 1.49. The fourth-order valence-corrected chi connectivity index (χ4v) is 4.43. The summed E-state index contributed by atoms with van der Waals surface area (Å²) in [6.07, 6.45) is 4.47. The molecular formula is C18H22N2O. The lowest BCUT2D eigenvalue weighted by Gasteiger charge is -2.53. The minimum atomic E-state index is 0.0383. The summed E-state index contributed by atoms with van der Waals surface area (Å²) < 4.78 is 0. The van der Waals surface area contributed by atoms with E-state index < -0.39 is 0 Å². The van der Waals surface area contributed by atoms with Crippen molar-refractivity contribution in [3.05, 3.63) is 41.5 Å². The largest absolute Gasteiger partial charge is 0.323 e. The van der Waals surface area contributed by atoms with E-state index >= 15 is 0 Å². The number of anilines is 1. The molecule has 4 bridgehead atoms. The van der Waals surface area contributed by atoms with E-state index in [0.717, 1.165) is 24.7 Å². The summed E-state index contributed by atoms with van der Waals surface area (Å²) in [5.41, 5.74) is 3.50. The van der Waals surface area contributed by atoms with Crippen LogP contribution in [0.3, 0.4) is 0 Å². The number of benzene rings is 1. The van der Waals surface area contributed by atoms with Crippen molar-refractivity contribution >= 4 is 11.6 Å². The summed E-state index contributed by atoms with van der Waals surface area (Å²) in [7, 11) is 0. The molecule has 21 heavy (non-hydrogen) atoms. The highest BCUT2D eigenvalue weighted by molar-refractivity contribution is 5.99. The van der Waals surface area contributed by atoms with Gasteiger partial charge in [-0.25, -0.2) is 0 Å². The zero-order chi connectivity index (χ0) is 14.4. The first-order chi connectivity index (χ1) is 10.2. The van der Waals surface area contributed by atoms with Crippen molar-refractivity contribution in [2.24, 2.45) is 17.8 Å². The van der Waals surface area contributed by atoms with Gasteiger partial charge in [0.05, 0.1) is 0 Å². The van der Waals surface area contributed by atoms with Crippen LogP contribution in [0.15, 0.2) is 35.9 Å². The molecule has 1 aromatic rings. The summed E-state index contributed by atoms with van der Waals surface area (Å²) in [5, 5.41) is 3.00. The average Bonchev–Trinajstić information content (AvgIpc) is 2.45. The molecule has 3 heterocycles. The van der Waals surface area contributed by atoms with Crippen molar-refractivity contribution < 1.29 is 4.79 Å². The van der Waals surface area contributed by atoms with Crippen LogP contribution in [0, 0.1) is 24.7 Å². The van der Waals surface area contributed by atoms with E-state index in [4.69, 9.17) is 0 Å². The summed E-state index contributed by atoms with van der Waals surface area (Å²) in [6.45, 7) is 5.67. The number of hydrogen-bond acceptors (Lipinski definition) is 2. The summed E-state index contributed by atoms with van der Waals surface area (Å²) in [5.74, 6) is 2.16. The molecule has 4 aliphatic rings. The van der Waals surface area contributed by atoms with Crippen LogP contribution in [-0.2, 0) is 4.79 Å². The van der Waals surface area contributed by atoms with Crippen LogP contribution >= 0.6 is 0 Å². The fourth-order valence-electron chi connectivity index (χ4n) is 4.43. The van der Waals surface area contributed by atoms with E-state index in [2.05, 4.69) is 17.1 Å². The number of carbonyl (C=O) groups excluding carboxylic acids is 1. The third kappa shape index (κ3) is 2.51. The molecule has 2 unspecified atom stereocenters. The second kappa shape index (κ2) is 4.99. The van der Waals surface area contributed by atoms with E-state index in [0.29, 0.717) is 11.8 Å². The summed E-state index contributed by atoms with van der Waals surface area (Å²) >= 11 is 0. The molecule has 110 valence electrons. The minimum Gasteiger partial charge on any atom is -0.323 e. The highest BCUT2D eigenvalue weighted by Crippen LogP contribution is 2.46. The topological polar surface area (TPSA) is 32.3 Å². The Kier molecular flexibility index (Phi) is 3.11. The van der Waals surface area contributed by atoms with Gasteiger partial charge in [0.15, 0.2) is 0 Å². The van der Waals surface area contributed by atoms with Crippen LogP contribution in [0.25, 0.3) is 0 Å². The second-order valence-electron chi connectivity index (χ2n) is 6.95. The van der Waals surface area contributed by atoms with Crippen LogP contribution in [-0.4, -0.2) is 30.4 Å². The van der Waals surface area contributed by atoms with Gasteiger partial charge in [-0.05, 0) is 49.7 Å². The van der Waals surface area contributed by atoms with E-state index in [-0.39, 0.29) is 5.91 Å². The van der Waals surface area contributed by atoms with E-state index in [9.17, 15) is 4.79 Å². The molecule has 3 aliphatic heterocycles. The number of rotatable bonds is 2. The lowest BCUT2D eigenvalue weighted by atomic mass is 9.65. The SMILES string of the molecule is Cc1ccc(NC(=O)C=C2C3CC4CC2CN(C4)C3)cc1. The lowest BCUT2D eigenvalue weighted by Crippen LogP contribution is -2.54. The van der Waals surface area contributed by atoms with Gasteiger partial charge in [0, 0.05) is 31.4 Å². The molecular weight excluding hydrogens is 260 g/mol. The molecule has 0 radical (unpaired) electrons. The van der Waals surface area contributed by atoms with Gasteiger partial charge in [-0.2, -0.15) is 0 Å². The van der Waals surface area contributed by atoms with Gasteiger partial charge in [-0.15, -0.1) is 0 Å². The highest BCUT2D eigenvalue weighted by Gasteiger charge is 2.44.